The minimum Gasteiger partial charge on any atom is -0.444 e. The van der Waals surface area contributed by atoms with Gasteiger partial charge in [0.25, 0.3) is 5.91 Å². The van der Waals surface area contributed by atoms with Gasteiger partial charge in [-0.3, -0.25) is 9.80 Å². The summed E-state index contributed by atoms with van der Waals surface area (Å²) in [5, 5.41) is 6.25. The number of halogens is 1. The fourth-order valence-electron chi connectivity index (χ4n) is 2.63. The molecule has 0 bridgehead atoms. The average Bonchev–Trinajstić information content (AvgIpc) is 3.07. The Labute approximate surface area is 150 Å². The zero-order chi connectivity index (χ0) is 18.7. The van der Waals surface area contributed by atoms with Gasteiger partial charge in [-0.15, -0.1) is 0 Å². The summed E-state index contributed by atoms with van der Waals surface area (Å²) in [4.78, 5) is 24.0. The van der Waals surface area contributed by atoms with E-state index in [9.17, 15) is 14.0 Å². The number of rotatable bonds is 5. The van der Waals surface area contributed by atoms with Gasteiger partial charge in [0.2, 0.25) is 6.10 Å². The van der Waals surface area contributed by atoms with Gasteiger partial charge < -0.3 is 10.5 Å². The van der Waals surface area contributed by atoms with Crippen LogP contribution < -0.4 is 10.7 Å². The van der Waals surface area contributed by atoms with Crippen LogP contribution in [-0.2, 0) is 9.53 Å². The molecule has 2 aromatic carbocycles. The number of primary amides is 1. The number of nitrogens with zero attached hydrogens (tertiary/aromatic N) is 2. The van der Waals surface area contributed by atoms with Gasteiger partial charge in [0.1, 0.15) is 5.82 Å². The quantitative estimate of drug-likeness (QED) is 0.836. The van der Waals surface area contributed by atoms with Crippen molar-refractivity contribution in [3.05, 3.63) is 65.5 Å². The van der Waals surface area contributed by atoms with Gasteiger partial charge >= 0.3 is 5.97 Å². The monoisotopic (exact) mass is 355 g/mol. The van der Waals surface area contributed by atoms with Crippen molar-refractivity contribution in [2.75, 3.05) is 11.6 Å². The minimum atomic E-state index is -1.28. The van der Waals surface area contributed by atoms with Crippen molar-refractivity contribution in [2.45, 2.75) is 19.4 Å². The van der Waals surface area contributed by atoms with Crippen LogP contribution in [0.4, 0.5) is 10.1 Å². The number of carbonyl (C=O) groups excluding carboxylic acids is 2. The van der Waals surface area contributed by atoms with E-state index >= 15 is 0 Å². The molecule has 1 atom stereocenters. The first kappa shape index (κ1) is 17.6. The number of hydrogen-bond donors (Lipinski definition) is 1. The predicted octanol–water partition coefficient (Wildman–Crippen LogP) is 2.80. The zero-order valence-electron chi connectivity index (χ0n) is 14.2. The highest BCUT2D eigenvalue weighted by atomic mass is 19.1. The summed E-state index contributed by atoms with van der Waals surface area (Å²) in [5.74, 6) is -1.98. The second-order valence-electron chi connectivity index (χ2n) is 5.99. The Balaban J connectivity index is 1.73. The average molecular weight is 355 g/mol. The van der Waals surface area contributed by atoms with Crippen LogP contribution in [0.3, 0.4) is 0 Å². The van der Waals surface area contributed by atoms with E-state index in [1.807, 2.05) is 11.9 Å². The van der Waals surface area contributed by atoms with Gasteiger partial charge in [-0.05, 0) is 43.3 Å². The van der Waals surface area contributed by atoms with E-state index in [-0.39, 0.29) is 5.56 Å². The van der Waals surface area contributed by atoms with Crippen molar-refractivity contribution in [2.24, 2.45) is 10.8 Å². The summed E-state index contributed by atoms with van der Waals surface area (Å²) < 4.78 is 18.3. The molecule has 3 rings (SSSR count). The largest absolute Gasteiger partial charge is 0.444 e. The molecule has 1 amide bonds. The second-order valence-corrected chi connectivity index (χ2v) is 5.99. The third kappa shape index (κ3) is 3.88. The van der Waals surface area contributed by atoms with Crippen molar-refractivity contribution in [1.82, 2.24) is 0 Å². The molecule has 0 aliphatic carbocycles. The molecule has 0 fully saturated rings. The number of anilines is 1. The van der Waals surface area contributed by atoms with Crippen LogP contribution in [-0.4, -0.2) is 24.1 Å². The van der Waals surface area contributed by atoms with Crippen LogP contribution in [0.2, 0.25) is 0 Å². The third-order valence-electron chi connectivity index (χ3n) is 4.03. The number of benzene rings is 2. The molecule has 1 aliphatic heterocycles. The molecule has 0 saturated heterocycles. The fourth-order valence-corrected chi connectivity index (χ4v) is 2.63. The molecule has 2 N–H and O–H groups in total. The van der Waals surface area contributed by atoms with E-state index in [1.54, 1.807) is 24.3 Å². The van der Waals surface area contributed by atoms with Gasteiger partial charge in [0.15, 0.2) is 0 Å². The van der Waals surface area contributed by atoms with Crippen LogP contribution in [0.25, 0.3) is 0 Å². The van der Waals surface area contributed by atoms with Crippen molar-refractivity contribution >= 4 is 23.3 Å². The smallest absolute Gasteiger partial charge is 0.339 e. The second kappa shape index (κ2) is 7.35. The summed E-state index contributed by atoms with van der Waals surface area (Å²) >= 11 is 0. The third-order valence-corrected chi connectivity index (χ3v) is 4.03. The lowest BCUT2D eigenvalue weighted by Gasteiger charge is -2.16. The van der Waals surface area contributed by atoms with Gasteiger partial charge in [0, 0.05) is 24.2 Å². The topological polar surface area (TPSA) is 85.0 Å². The van der Waals surface area contributed by atoms with Crippen LogP contribution in [0, 0.1) is 5.82 Å². The summed E-state index contributed by atoms with van der Waals surface area (Å²) in [7, 11) is 0. The molecule has 0 aromatic heterocycles. The predicted molar refractivity (Wildman–Crippen MR) is 95.3 cm³/mol. The fraction of sp³-hybridized carbons (Fsp3) is 0.211. The van der Waals surface area contributed by atoms with Crippen LogP contribution >= 0.6 is 0 Å². The Bertz CT molecular complexity index is 847. The standard InChI is InChI=1S/C19H18FN3O3/c1-12-10-11-23(22-12)16-8-4-14(5-9-16)19(25)26-17(18(21)24)13-2-6-15(20)7-3-13/h2-9,17H,10-11H2,1H3,(H2,21,24). The maximum absolute atomic E-state index is 13.0. The number of esters is 1. The van der Waals surface area contributed by atoms with Gasteiger partial charge in [-0.25, -0.2) is 9.18 Å². The number of ether oxygens (including phenoxy) is 1. The Morgan fingerprint density at radius 2 is 1.81 bits per heavy atom. The highest BCUT2D eigenvalue weighted by Gasteiger charge is 2.23. The highest BCUT2D eigenvalue weighted by molar-refractivity contribution is 5.93. The molecule has 1 heterocycles. The van der Waals surface area contributed by atoms with E-state index in [2.05, 4.69) is 5.10 Å². The Kier molecular flexibility index (Phi) is 4.97. The van der Waals surface area contributed by atoms with Crippen molar-refractivity contribution in [3.63, 3.8) is 0 Å². The number of amides is 1. The number of hydrogen-bond acceptors (Lipinski definition) is 5. The first-order chi connectivity index (χ1) is 12.4. The first-order valence-corrected chi connectivity index (χ1v) is 8.11. The molecule has 6 nitrogen and oxygen atoms in total. The summed E-state index contributed by atoms with van der Waals surface area (Å²) in [6.07, 6.45) is -0.379. The van der Waals surface area contributed by atoms with Gasteiger partial charge in [-0.2, -0.15) is 5.10 Å². The van der Waals surface area contributed by atoms with Crippen LogP contribution in [0.5, 0.6) is 0 Å². The Morgan fingerprint density at radius 3 is 2.35 bits per heavy atom. The molecular weight excluding hydrogens is 337 g/mol. The first-order valence-electron chi connectivity index (χ1n) is 8.11. The number of carbonyl (C=O) groups is 2. The van der Waals surface area contributed by atoms with E-state index < -0.39 is 23.8 Å². The summed E-state index contributed by atoms with van der Waals surface area (Å²) in [6, 6.07) is 11.8. The molecule has 7 heteroatoms. The SMILES string of the molecule is CC1=NN(c2ccc(C(=O)OC(C(N)=O)c3ccc(F)cc3)cc2)CC1. The molecule has 26 heavy (non-hydrogen) atoms. The molecular formula is C19H18FN3O3. The summed E-state index contributed by atoms with van der Waals surface area (Å²) in [5.41, 5.74) is 7.83. The molecule has 1 aliphatic rings. The summed E-state index contributed by atoms with van der Waals surface area (Å²) in [6.45, 7) is 2.76. The van der Waals surface area contributed by atoms with Gasteiger partial charge in [0.05, 0.1) is 11.3 Å². The van der Waals surface area contributed by atoms with E-state index in [0.717, 1.165) is 24.4 Å². The normalized spacial score (nSPS) is 14.7. The molecule has 1 unspecified atom stereocenters. The Hall–Kier alpha value is -3.22. The Morgan fingerprint density at radius 1 is 1.15 bits per heavy atom. The molecule has 134 valence electrons. The van der Waals surface area contributed by atoms with Crippen molar-refractivity contribution < 1.29 is 18.7 Å². The van der Waals surface area contributed by atoms with Crippen molar-refractivity contribution in [3.8, 4) is 0 Å². The van der Waals surface area contributed by atoms with E-state index in [4.69, 9.17) is 10.5 Å². The lowest BCUT2D eigenvalue weighted by Crippen LogP contribution is -2.26. The maximum atomic E-state index is 13.0. The van der Waals surface area contributed by atoms with E-state index in [0.29, 0.717) is 5.56 Å². The lowest BCUT2D eigenvalue weighted by atomic mass is 10.1. The molecule has 0 radical (unpaired) electrons. The van der Waals surface area contributed by atoms with Gasteiger partial charge in [-0.1, -0.05) is 12.1 Å². The number of hydrazone groups is 1. The minimum absolute atomic E-state index is 0.280. The zero-order valence-corrected chi connectivity index (χ0v) is 14.2. The maximum Gasteiger partial charge on any atom is 0.339 e. The number of nitrogens with two attached hydrogens (primary N) is 1. The highest BCUT2D eigenvalue weighted by Crippen LogP contribution is 2.23. The van der Waals surface area contributed by atoms with Crippen LogP contribution in [0.15, 0.2) is 53.6 Å². The van der Waals surface area contributed by atoms with Crippen molar-refractivity contribution in [1.29, 1.82) is 0 Å². The van der Waals surface area contributed by atoms with Crippen LogP contribution in [0.1, 0.15) is 35.4 Å². The molecule has 2 aromatic rings. The lowest BCUT2D eigenvalue weighted by molar-refractivity contribution is -0.127. The van der Waals surface area contributed by atoms with E-state index in [1.165, 1.54) is 24.3 Å². The molecule has 0 spiro atoms. The molecule has 0 saturated carbocycles.